The normalized spacial score (nSPS) is 15.8. The molecule has 0 amide bonds. The van der Waals surface area contributed by atoms with Gasteiger partial charge in [-0.2, -0.15) is 0 Å². The number of H-pyrrole nitrogens is 1. The van der Waals surface area contributed by atoms with E-state index in [9.17, 15) is 9.59 Å². The molecule has 8 heteroatoms. The smallest absolute Gasteiger partial charge is 0.301 e. The van der Waals surface area contributed by atoms with Crippen LogP contribution in [0, 0.1) is 6.92 Å². The predicted molar refractivity (Wildman–Crippen MR) is 113 cm³/mol. The highest BCUT2D eigenvalue weighted by molar-refractivity contribution is 6.35. The Morgan fingerprint density at radius 1 is 1.00 bits per heavy atom. The second-order valence-electron chi connectivity index (χ2n) is 7.33. The first-order valence-electron chi connectivity index (χ1n) is 9.61. The zero-order valence-electron chi connectivity index (χ0n) is 16.1. The third-order valence-corrected chi connectivity index (χ3v) is 5.77. The highest BCUT2D eigenvalue weighted by Crippen LogP contribution is 2.22. The van der Waals surface area contributed by atoms with E-state index in [0.717, 1.165) is 62.7 Å². The second-order valence-corrected chi connectivity index (χ2v) is 8.17. The molecule has 6 nitrogen and oxygen atoms in total. The van der Waals surface area contributed by atoms with Crippen molar-refractivity contribution in [2.24, 2.45) is 0 Å². The summed E-state index contributed by atoms with van der Waals surface area (Å²) in [7, 11) is 0. The van der Waals surface area contributed by atoms with Crippen molar-refractivity contribution >= 4 is 23.2 Å². The van der Waals surface area contributed by atoms with Crippen LogP contribution in [0.2, 0.25) is 10.0 Å². The van der Waals surface area contributed by atoms with Crippen LogP contribution in [0.1, 0.15) is 24.0 Å². The molecule has 1 N–H and O–H groups in total. The summed E-state index contributed by atoms with van der Waals surface area (Å²) >= 11 is 12.2. The largest absolute Gasteiger partial charge is 0.328 e. The zero-order valence-corrected chi connectivity index (χ0v) is 17.6. The fourth-order valence-electron chi connectivity index (χ4n) is 3.46. The first-order valence-corrected chi connectivity index (χ1v) is 10.4. The van der Waals surface area contributed by atoms with Gasteiger partial charge in [0.25, 0.3) is 5.56 Å². The van der Waals surface area contributed by atoms with Gasteiger partial charge in [0.15, 0.2) is 0 Å². The van der Waals surface area contributed by atoms with Gasteiger partial charge < -0.3 is 9.47 Å². The monoisotopic (exact) mass is 424 g/mol. The molecular weight excluding hydrogens is 399 g/mol. The summed E-state index contributed by atoms with van der Waals surface area (Å²) in [5, 5.41) is 1.39. The lowest BCUT2D eigenvalue weighted by Gasteiger charge is -2.34. The number of benzene rings is 1. The lowest BCUT2D eigenvalue weighted by molar-refractivity contribution is 0.125. The van der Waals surface area contributed by atoms with Crippen molar-refractivity contribution in [3.63, 3.8) is 0 Å². The van der Waals surface area contributed by atoms with E-state index in [4.69, 9.17) is 23.2 Å². The first kappa shape index (κ1) is 21.1. The predicted octanol–water partition coefficient (Wildman–Crippen LogP) is 2.75. The van der Waals surface area contributed by atoms with E-state index in [2.05, 4.69) is 14.8 Å². The van der Waals surface area contributed by atoms with Gasteiger partial charge in [0.2, 0.25) is 0 Å². The lowest BCUT2D eigenvalue weighted by atomic mass is 10.2. The molecule has 0 radical (unpaired) electrons. The summed E-state index contributed by atoms with van der Waals surface area (Å²) in [6.07, 6.45) is 3.57. The van der Waals surface area contributed by atoms with E-state index < -0.39 is 0 Å². The van der Waals surface area contributed by atoms with Crippen molar-refractivity contribution in [1.29, 1.82) is 0 Å². The third-order valence-electron chi connectivity index (χ3n) is 5.19. The van der Waals surface area contributed by atoms with Crippen molar-refractivity contribution in [3.05, 3.63) is 66.4 Å². The molecule has 1 aromatic carbocycles. The van der Waals surface area contributed by atoms with Crippen LogP contribution in [0.3, 0.4) is 0 Å². The van der Waals surface area contributed by atoms with Crippen LogP contribution in [0.5, 0.6) is 0 Å². The van der Waals surface area contributed by atoms with Gasteiger partial charge >= 0.3 is 5.69 Å². The van der Waals surface area contributed by atoms with Crippen LogP contribution in [0.4, 0.5) is 0 Å². The Balaban J connectivity index is 1.38. The molecule has 0 bridgehead atoms. The Morgan fingerprint density at radius 2 is 1.68 bits per heavy atom. The van der Waals surface area contributed by atoms with Crippen LogP contribution in [0.25, 0.3) is 0 Å². The molecule has 0 aliphatic carbocycles. The molecule has 28 heavy (non-hydrogen) atoms. The van der Waals surface area contributed by atoms with E-state index in [1.54, 1.807) is 23.8 Å². The maximum absolute atomic E-state index is 11.8. The van der Waals surface area contributed by atoms with Crippen molar-refractivity contribution < 1.29 is 0 Å². The number of unbranched alkanes of at least 4 members (excludes halogenated alkanes) is 1. The summed E-state index contributed by atoms with van der Waals surface area (Å²) in [5.74, 6) is 0. The highest BCUT2D eigenvalue weighted by atomic mass is 35.5. The second kappa shape index (κ2) is 9.74. The van der Waals surface area contributed by atoms with Gasteiger partial charge in [-0.3, -0.25) is 14.7 Å². The number of piperazine rings is 1. The number of rotatable bonds is 7. The molecule has 0 unspecified atom stereocenters. The van der Waals surface area contributed by atoms with E-state index in [1.807, 2.05) is 12.1 Å². The average molecular weight is 425 g/mol. The van der Waals surface area contributed by atoms with Gasteiger partial charge in [-0.1, -0.05) is 29.3 Å². The summed E-state index contributed by atoms with van der Waals surface area (Å²) in [6.45, 7) is 8.29. The minimum Gasteiger partial charge on any atom is -0.301 e. The van der Waals surface area contributed by atoms with E-state index in [-0.39, 0.29) is 11.2 Å². The van der Waals surface area contributed by atoms with E-state index >= 15 is 0 Å². The molecule has 0 atom stereocenters. The fraction of sp³-hybridized carbons (Fsp3) is 0.500. The maximum atomic E-state index is 11.8. The SMILES string of the molecule is Cc1cn(CCCCN2CCN(Cc3ccc(Cl)cc3Cl)CC2)c(=O)[nH]c1=O. The van der Waals surface area contributed by atoms with Crippen molar-refractivity contribution in [3.8, 4) is 0 Å². The molecule has 0 saturated carbocycles. The van der Waals surface area contributed by atoms with Crippen LogP contribution >= 0.6 is 23.2 Å². The topological polar surface area (TPSA) is 61.3 Å². The van der Waals surface area contributed by atoms with Gasteiger partial charge in [-0.25, -0.2) is 4.79 Å². The van der Waals surface area contributed by atoms with Crippen molar-refractivity contribution in [1.82, 2.24) is 19.4 Å². The zero-order chi connectivity index (χ0) is 20.1. The Hall–Kier alpha value is -1.60. The first-order chi connectivity index (χ1) is 13.4. The van der Waals surface area contributed by atoms with Gasteiger partial charge in [0.1, 0.15) is 0 Å². The third kappa shape index (κ3) is 5.70. The molecular formula is C20H26Cl2N4O2. The molecule has 3 rings (SSSR count). The molecule has 152 valence electrons. The summed E-state index contributed by atoms with van der Waals surface area (Å²) < 4.78 is 1.59. The number of aromatic amines is 1. The number of hydrogen-bond acceptors (Lipinski definition) is 4. The van der Waals surface area contributed by atoms with E-state index in [1.165, 1.54) is 0 Å². The Bertz CT molecular complexity index is 917. The number of aromatic nitrogens is 2. The van der Waals surface area contributed by atoms with Crippen molar-refractivity contribution in [2.45, 2.75) is 32.9 Å². The van der Waals surface area contributed by atoms with Crippen LogP contribution in [-0.4, -0.2) is 52.1 Å². The minimum atomic E-state index is -0.329. The number of halogens is 2. The number of nitrogens with one attached hydrogen (secondary N) is 1. The highest BCUT2D eigenvalue weighted by Gasteiger charge is 2.17. The molecule has 1 aromatic heterocycles. The van der Waals surface area contributed by atoms with Crippen LogP contribution in [-0.2, 0) is 13.1 Å². The molecule has 1 saturated heterocycles. The van der Waals surface area contributed by atoms with Gasteiger partial charge in [-0.15, -0.1) is 0 Å². The molecule has 1 aliphatic rings. The van der Waals surface area contributed by atoms with Crippen molar-refractivity contribution in [2.75, 3.05) is 32.7 Å². The van der Waals surface area contributed by atoms with Crippen LogP contribution in [0.15, 0.2) is 34.0 Å². The Morgan fingerprint density at radius 3 is 2.39 bits per heavy atom. The number of nitrogens with zero attached hydrogens (tertiary/aromatic N) is 3. The average Bonchev–Trinajstić information content (AvgIpc) is 2.66. The minimum absolute atomic E-state index is 0.306. The molecule has 2 heterocycles. The molecule has 0 spiro atoms. The maximum Gasteiger partial charge on any atom is 0.328 e. The lowest BCUT2D eigenvalue weighted by Crippen LogP contribution is -2.46. The number of hydrogen-bond donors (Lipinski definition) is 1. The Labute approximate surface area is 174 Å². The van der Waals surface area contributed by atoms with Gasteiger partial charge in [0, 0.05) is 61.1 Å². The van der Waals surface area contributed by atoms with Gasteiger partial charge in [-0.05, 0) is 44.0 Å². The van der Waals surface area contributed by atoms with E-state index in [0.29, 0.717) is 17.1 Å². The summed E-state index contributed by atoms with van der Waals surface area (Å²) in [4.78, 5) is 30.4. The standard InChI is InChI=1S/C20H26Cl2N4O2/c1-15-13-26(20(28)23-19(15)27)7-3-2-6-24-8-10-25(11-9-24)14-16-4-5-17(21)12-18(16)22/h4-5,12-13H,2-3,6-11,14H2,1H3,(H,23,27,28). The number of aryl methyl sites for hydroxylation is 2. The molecule has 1 aliphatic heterocycles. The fourth-order valence-corrected chi connectivity index (χ4v) is 3.93. The Kier molecular flexibility index (Phi) is 7.35. The quantitative estimate of drug-likeness (QED) is 0.694. The van der Waals surface area contributed by atoms with Crippen LogP contribution < -0.4 is 11.2 Å². The van der Waals surface area contributed by atoms with Gasteiger partial charge in [0.05, 0.1) is 0 Å². The molecule has 1 fully saturated rings. The summed E-state index contributed by atoms with van der Waals surface area (Å²) in [5.41, 5.74) is 1.04. The summed E-state index contributed by atoms with van der Waals surface area (Å²) in [6, 6.07) is 5.68. The molecule has 2 aromatic rings.